The SMILES string of the molecule is CC1CCC(c2ccc(-c3cccc(F)c3F)cc2)OC1. The third-order valence-electron chi connectivity index (χ3n) is 4.05. The molecule has 1 saturated heterocycles. The Balaban J connectivity index is 1.82. The topological polar surface area (TPSA) is 9.23 Å². The van der Waals surface area contributed by atoms with Crippen molar-refractivity contribution in [1.82, 2.24) is 0 Å². The largest absolute Gasteiger partial charge is 0.373 e. The van der Waals surface area contributed by atoms with Crippen molar-refractivity contribution < 1.29 is 13.5 Å². The molecular weight excluding hydrogens is 270 g/mol. The van der Waals surface area contributed by atoms with Crippen molar-refractivity contribution in [3.63, 3.8) is 0 Å². The molecule has 2 unspecified atom stereocenters. The van der Waals surface area contributed by atoms with E-state index < -0.39 is 11.6 Å². The maximum Gasteiger partial charge on any atom is 0.166 e. The van der Waals surface area contributed by atoms with Crippen LogP contribution in [0, 0.1) is 17.6 Å². The Hall–Kier alpha value is -1.74. The van der Waals surface area contributed by atoms with Gasteiger partial charge in [-0.3, -0.25) is 0 Å². The van der Waals surface area contributed by atoms with Crippen molar-refractivity contribution in [3.8, 4) is 11.1 Å². The second kappa shape index (κ2) is 5.94. The van der Waals surface area contributed by atoms with Gasteiger partial charge in [-0.2, -0.15) is 0 Å². The van der Waals surface area contributed by atoms with E-state index in [1.165, 1.54) is 6.07 Å². The average molecular weight is 288 g/mol. The highest BCUT2D eigenvalue weighted by atomic mass is 19.2. The molecule has 0 amide bonds. The predicted octanol–water partition coefficient (Wildman–Crippen LogP) is 5.12. The molecule has 0 aromatic heterocycles. The maximum absolute atomic E-state index is 13.8. The first-order valence-corrected chi connectivity index (χ1v) is 7.31. The lowest BCUT2D eigenvalue weighted by molar-refractivity contribution is -0.0123. The molecular formula is C18H18F2O. The van der Waals surface area contributed by atoms with Gasteiger partial charge in [0.1, 0.15) is 0 Å². The second-order valence-corrected chi connectivity index (χ2v) is 5.73. The summed E-state index contributed by atoms with van der Waals surface area (Å²) in [7, 11) is 0. The molecule has 0 N–H and O–H groups in total. The molecule has 1 aliphatic heterocycles. The van der Waals surface area contributed by atoms with Crippen LogP contribution in [0.5, 0.6) is 0 Å². The van der Waals surface area contributed by atoms with Crippen molar-refractivity contribution >= 4 is 0 Å². The van der Waals surface area contributed by atoms with Gasteiger partial charge in [-0.05, 0) is 36.0 Å². The van der Waals surface area contributed by atoms with Crippen molar-refractivity contribution in [2.24, 2.45) is 5.92 Å². The van der Waals surface area contributed by atoms with E-state index >= 15 is 0 Å². The molecule has 1 nitrogen and oxygen atoms in total. The van der Waals surface area contributed by atoms with Crippen molar-refractivity contribution in [2.45, 2.75) is 25.9 Å². The van der Waals surface area contributed by atoms with E-state index in [4.69, 9.17) is 4.74 Å². The summed E-state index contributed by atoms with van der Waals surface area (Å²) in [5.41, 5.74) is 2.07. The van der Waals surface area contributed by atoms with Crippen LogP contribution in [0.4, 0.5) is 8.78 Å². The molecule has 3 heteroatoms. The average Bonchev–Trinajstić information content (AvgIpc) is 2.51. The van der Waals surface area contributed by atoms with E-state index in [0.717, 1.165) is 31.1 Å². The Morgan fingerprint density at radius 3 is 2.43 bits per heavy atom. The summed E-state index contributed by atoms with van der Waals surface area (Å²) in [4.78, 5) is 0. The van der Waals surface area contributed by atoms with Gasteiger partial charge in [-0.15, -0.1) is 0 Å². The van der Waals surface area contributed by atoms with Gasteiger partial charge in [-0.25, -0.2) is 8.78 Å². The fourth-order valence-corrected chi connectivity index (χ4v) is 2.75. The molecule has 2 aromatic rings. The number of hydrogen-bond donors (Lipinski definition) is 0. The smallest absolute Gasteiger partial charge is 0.166 e. The van der Waals surface area contributed by atoms with Crippen LogP contribution in [0.3, 0.4) is 0 Å². The first kappa shape index (κ1) is 14.2. The van der Waals surface area contributed by atoms with Gasteiger partial charge >= 0.3 is 0 Å². The summed E-state index contributed by atoms with van der Waals surface area (Å²) in [6, 6.07) is 11.8. The number of hydrogen-bond acceptors (Lipinski definition) is 1. The zero-order valence-electron chi connectivity index (χ0n) is 12.0. The number of benzene rings is 2. The highest BCUT2D eigenvalue weighted by molar-refractivity contribution is 5.64. The molecule has 1 aliphatic rings. The standard InChI is InChI=1S/C18H18F2O/c1-12-5-10-17(21-11-12)14-8-6-13(7-9-14)15-3-2-4-16(19)18(15)20/h2-4,6-9,12,17H,5,10-11H2,1H3. The molecule has 0 radical (unpaired) electrons. The van der Waals surface area contributed by atoms with Crippen LogP contribution >= 0.6 is 0 Å². The van der Waals surface area contributed by atoms with Crippen LogP contribution in [0.25, 0.3) is 11.1 Å². The second-order valence-electron chi connectivity index (χ2n) is 5.73. The molecule has 2 aromatic carbocycles. The normalized spacial score (nSPS) is 22.2. The van der Waals surface area contributed by atoms with Crippen molar-refractivity contribution in [3.05, 3.63) is 59.7 Å². The Morgan fingerprint density at radius 2 is 1.76 bits per heavy atom. The number of rotatable bonds is 2. The lowest BCUT2D eigenvalue weighted by Gasteiger charge is -2.27. The van der Waals surface area contributed by atoms with E-state index in [9.17, 15) is 8.78 Å². The van der Waals surface area contributed by atoms with Gasteiger partial charge in [0.2, 0.25) is 0 Å². The van der Waals surface area contributed by atoms with Crippen LogP contribution in [0.1, 0.15) is 31.4 Å². The third-order valence-corrected chi connectivity index (χ3v) is 4.05. The van der Waals surface area contributed by atoms with E-state index in [-0.39, 0.29) is 6.10 Å². The van der Waals surface area contributed by atoms with Gasteiger partial charge in [-0.1, -0.05) is 43.3 Å². The third kappa shape index (κ3) is 2.98. The lowest BCUT2D eigenvalue weighted by atomic mass is 9.94. The number of halogens is 2. The zero-order valence-corrected chi connectivity index (χ0v) is 12.0. The van der Waals surface area contributed by atoms with Gasteiger partial charge in [0.25, 0.3) is 0 Å². The molecule has 110 valence electrons. The first-order valence-electron chi connectivity index (χ1n) is 7.31. The highest BCUT2D eigenvalue weighted by Gasteiger charge is 2.20. The van der Waals surface area contributed by atoms with Crippen LogP contribution in [0.2, 0.25) is 0 Å². The van der Waals surface area contributed by atoms with Gasteiger partial charge in [0.15, 0.2) is 11.6 Å². The molecule has 0 spiro atoms. The summed E-state index contributed by atoms with van der Waals surface area (Å²) in [6.45, 7) is 2.97. The summed E-state index contributed by atoms with van der Waals surface area (Å²) in [5.74, 6) is -1.00. The summed E-state index contributed by atoms with van der Waals surface area (Å²) in [6.07, 6.45) is 2.28. The summed E-state index contributed by atoms with van der Waals surface area (Å²) in [5, 5.41) is 0. The van der Waals surface area contributed by atoms with E-state index in [1.54, 1.807) is 6.07 Å². The Morgan fingerprint density at radius 1 is 1.00 bits per heavy atom. The Labute approximate surface area is 123 Å². The van der Waals surface area contributed by atoms with E-state index in [0.29, 0.717) is 17.0 Å². The first-order chi connectivity index (χ1) is 10.1. The fourth-order valence-electron chi connectivity index (χ4n) is 2.75. The fraction of sp³-hybridized carbons (Fsp3) is 0.333. The van der Waals surface area contributed by atoms with Crippen LogP contribution in [-0.2, 0) is 4.74 Å². The highest BCUT2D eigenvalue weighted by Crippen LogP contribution is 2.32. The molecule has 2 atom stereocenters. The number of ether oxygens (including phenoxy) is 1. The molecule has 0 saturated carbocycles. The molecule has 1 fully saturated rings. The van der Waals surface area contributed by atoms with Crippen molar-refractivity contribution in [1.29, 1.82) is 0 Å². The Kier molecular flexibility index (Phi) is 4.02. The minimum Gasteiger partial charge on any atom is -0.373 e. The monoisotopic (exact) mass is 288 g/mol. The Bertz CT molecular complexity index is 614. The van der Waals surface area contributed by atoms with E-state index in [2.05, 4.69) is 6.92 Å². The molecule has 21 heavy (non-hydrogen) atoms. The maximum atomic E-state index is 13.8. The zero-order chi connectivity index (χ0) is 14.8. The molecule has 1 heterocycles. The van der Waals surface area contributed by atoms with Crippen LogP contribution in [0.15, 0.2) is 42.5 Å². The van der Waals surface area contributed by atoms with Gasteiger partial charge in [0.05, 0.1) is 6.10 Å². The van der Waals surface area contributed by atoms with Gasteiger partial charge in [0, 0.05) is 12.2 Å². The molecule has 0 bridgehead atoms. The minimum absolute atomic E-state index is 0.118. The van der Waals surface area contributed by atoms with Crippen LogP contribution in [-0.4, -0.2) is 6.61 Å². The van der Waals surface area contributed by atoms with E-state index in [1.807, 2.05) is 24.3 Å². The van der Waals surface area contributed by atoms with Crippen LogP contribution < -0.4 is 0 Å². The molecule has 3 rings (SSSR count). The quantitative estimate of drug-likeness (QED) is 0.745. The summed E-state index contributed by atoms with van der Waals surface area (Å²) < 4.78 is 32.9. The molecule has 0 aliphatic carbocycles. The minimum atomic E-state index is -0.818. The lowest BCUT2D eigenvalue weighted by Crippen LogP contribution is -2.18. The van der Waals surface area contributed by atoms with Crippen molar-refractivity contribution in [2.75, 3.05) is 6.61 Å². The predicted molar refractivity (Wildman–Crippen MR) is 78.9 cm³/mol. The summed E-state index contributed by atoms with van der Waals surface area (Å²) >= 11 is 0. The van der Waals surface area contributed by atoms with Gasteiger partial charge < -0.3 is 4.74 Å².